The van der Waals surface area contributed by atoms with Crippen molar-refractivity contribution >= 4 is 42.3 Å². The van der Waals surface area contributed by atoms with Crippen molar-refractivity contribution in [3.8, 4) is 0 Å². The van der Waals surface area contributed by atoms with Crippen LogP contribution in [0.25, 0.3) is 0 Å². The van der Waals surface area contributed by atoms with Crippen molar-refractivity contribution in [3.05, 3.63) is 0 Å². The van der Waals surface area contributed by atoms with Gasteiger partial charge in [-0.3, -0.25) is 19.2 Å². The topological polar surface area (TPSA) is 188 Å². The summed E-state index contributed by atoms with van der Waals surface area (Å²) in [5, 5.41) is 24.5. The fraction of sp³-hybridized carbons (Fsp3) is 0.688. The maximum Gasteiger partial charge on any atom is 0.327 e. The van der Waals surface area contributed by atoms with Gasteiger partial charge < -0.3 is 31.9 Å². The number of nitrogens with two attached hydrogens (primary N) is 1. The summed E-state index contributed by atoms with van der Waals surface area (Å²) in [6.07, 6.45) is 0.0522. The van der Waals surface area contributed by atoms with Crippen LogP contribution in [0.3, 0.4) is 0 Å². The summed E-state index contributed by atoms with van der Waals surface area (Å²) in [6.45, 7) is 3.06. The van der Waals surface area contributed by atoms with E-state index in [4.69, 9.17) is 15.9 Å². The van der Waals surface area contributed by atoms with Crippen molar-refractivity contribution in [2.75, 3.05) is 12.3 Å². The van der Waals surface area contributed by atoms with Gasteiger partial charge in [0.15, 0.2) is 0 Å². The second kappa shape index (κ2) is 12.9. The number of hydrogen-bond acceptors (Lipinski definition) is 7. The SMILES string of the molecule is CCC(C)C(N)C(=O)NC(CCC(=O)O)C(=O)NCC(=O)NC(CS)C(=O)O. The van der Waals surface area contributed by atoms with Crippen molar-refractivity contribution < 1.29 is 34.2 Å². The lowest BCUT2D eigenvalue weighted by atomic mass is 9.98. The molecule has 7 N–H and O–H groups in total. The van der Waals surface area contributed by atoms with E-state index in [-0.39, 0.29) is 24.5 Å². The number of nitrogens with one attached hydrogen (secondary N) is 3. The molecule has 3 amide bonds. The number of carbonyl (C=O) groups is 5. The molecule has 160 valence electrons. The Morgan fingerprint density at radius 3 is 2.11 bits per heavy atom. The Morgan fingerprint density at radius 2 is 1.64 bits per heavy atom. The summed E-state index contributed by atoms with van der Waals surface area (Å²) in [6, 6.07) is -3.30. The molecule has 0 rings (SSSR count). The van der Waals surface area contributed by atoms with Crippen LogP contribution in [-0.2, 0) is 24.0 Å². The normalized spacial score (nSPS) is 14.9. The lowest BCUT2D eigenvalue weighted by Gasteiger charge is -2.23. The summed E-state index contributed by atoms with van der Waals surface area (Å²) in [5.41, 5.74) is 5.81. The van der Waals surface area contributed by atoms with E-state index in [1.807, 2.05) is 6.92 Å². The van der Waals surface area contributed by atoms with Crippen LogP contribution in [0.4, 0.5) is 0 Å². The first kappa shape index (κ1) is 25.7. The smallest absolute Gasteiger partial charge is 0.327 e. The lowest BCUT2D eigenvalue weighted by molar-refractivity contribution is -0.141. The van der Waals surface area contributed by atoms with Crippen LogP contribution in [0.1, 0.15) is 33.1 Å². The molecule has 11 nitrogen and oxygen atoms in total. The summed E-state index contributed by atoms with van der Waals surface area (Å²) in [5.74, 6) is -4.88. The zero-order chi connectivity index (χ0) is 21.9. The van der Waals surface area contributed by atoms with Crippen LogP contribution in [0, 0.1) is 5.92 Å². The molecule has 0 aromatic heterocycles. The molecule has 0 aromatic rings. The largest absolute Gasteiger partial charge is 0.481 e. The Morgan fingerprint density at radius 1 is 1.04 bits per heavy atom. The van der Waals surface area contributed by atoms with Gasteiger partial charge in [-0.15, -0.1) is 0 Å². The maximum absolute atomic E-state index is 12.3. The maximum atomic E-state index is 12.3. The zero-order valence-electron chi connectivity index (χ0n) is 15.8. The van der Waals surface area contributed by atoms with Crippen molar-refractivity contribution in [3.63, 3.8) is 0 Å². The average Bonchev–Trinajstić information content (AvgIpc) is 2.65. The van der Waals surface area contributed by atoms with E-state index in [1.54, 1.807) is 6.92 Å². The van der Waals surface area contributed by atoms with Gasteiger partial charge in [-0.25, -0.2) is 4.79 Å². The molecular formula is C16H28N4O7S. The molecule has 0 bridgehead atoms. The second-order valence-corrected chi connectivity index (χ2v) is 6.63. The molecule has 0 heterocycles. The van der Waals surface area contributed by atoms with Gasteiger partial charge in [0.25, 0.3) is 0 Å². The van der Waals surface area contributed by atoms with E-state index in [0.717, 1.165) is 0 Å². The van der Waals surface area contributed by atoms with Crippen LogP contribution in [0.15, 0.2) is 0 Å². The van der Waals surface area contributed by atoms with Gasteiger partial charge in [0.2, 0.25) is 17.7 Å². The highest BCUT2D eigenvalue weighted by atomic mass is 32.1. The first-order chi connectivity index (χ1) is 13.0. The Labute approximate surface area is 168 Å². The molecule has 0 aliphatic carbocycles. The molecule has 4 unspecified atom stereocenters. The molecule has 0 fully saturated rings. The summed E-state index contributed by atoms with van der Waals surface area (Å²) in [7, 11) is 0. The average molecular weight is 420 g/mol. The predicted octanol–water partition coefficient (Wildman–Crippen LogP) is -1.68. The molecule has 4 atom stereocenters. The van der Waals surface area contributed by atoms with Crippen molar-refractivity contribution in [2.45, 2.75) is 51.2 Å². The molecule has 0 aromatic carbocycles. The van der Waals surface area contributed by atoms with Crippen LogP contribution in [0.5, 0.6) is 0 Å². The minimum absolute atomic E-state index is 0.139. The Kier molecular flexibility index (Phi) is 11.9. The first-order valence-corrected chi connectivity index (χ1v) is 9.35. The third-order valence-corrected chi connectivity index (χ3v) is 4.44. The van der Waals surface area contributed by atoms with Crippen LogP contribution in [-0.4, -0.2) is 70.3 Å². The minimum atomic E-state index is -1.28. The van der Waals surface area contributed by atoms with E-state index in [9.17, 15) is 24.0 Å². The van der Waals surface area contributed by atoms with Gasteiger partial charge in [-0.05, 0) is 12.3 Å². The van der Waals surface area contributed by atoms with Gasteiger partial charge in [-0.2, -0.15) is 12.6 Å². The second-order valence-electron chi connectivity index (χ2n) is 6.26. The fourth-order valence-electron chi connectivity index (χ4n) is 2.04. The van der Waals surface area contributed by atoms with E-state index in [1.165, 1.54) is 0 Å². The third-order valence-electron chi connectivity index (χ3n) is 4.08. The molecule has 0 spiro atoms. The number of carbonyl (C=O) groups excluding carboxylic acids is 3. The number of thiol groups is 1. The van der Waals surface area contributed by atoms with E-state index < -0.39 is 54.3 Å². The molecule has 28 heavy (non-hydrogen) atoms. The number of carboxylic acid groups (broad SMARTS) is 2. The van der Waals surface area contributed by atoms with Crippen LogP contribution < -0.4 is 21.7 Å². The highest BCUT2D eigenvalue weighted by Gasteiger charge is 2.27. The van der Waals surface area contributed by atoms with E-state index in [2.05, 4.69) is 28.6 Å². The van der Waals surface area contributed by atoms with E-state index >= 15 is 0 Å². The van der Waals surface area contributed by atoms with Crippen LogP contribution >= 0.6 is 12.6 Å². The highest BCUT2D eigenvalue weighted by Crippen LogP contribution is 2.07. The number of hydrogen-bond donors (Lipinski definition) is 7. The summed E-state index contributed by atoms with van der Waals surface area (Å²) in [4.78, 5) is 57.9. The molecule has 0 radical (unpaired) electrons. The predicted molar refractivity (Wildman–Crippen MR) is 103 cm³/mol. The number of aliphatic carboxylic acids is 2. The van der Waals surface area contributed by atoms with E-state index in [0.29, 0.717) is 6.42 Å². The molecule has 0 saturated carbocycles. The van der Waals surface area contributed by atoms with Crippen molar-refractivity contribution in [2.24, 2.45) is 11.7 Å². The highest BCUT2D eigenvalue weighted by molar-refractivity contribution is 7.80. The van der Waals surface area contributed by atoms with Gasteiger partial charge in [0.1, 0.15) is 12.1 Å². The lowest BCUT2D eigenvalue weighted by Crippen LogP contribution is -2.54. The van der Waals surface area contributed by atoms with Gasteiger partial charge in [0, 0.05) is 12.2 Å². The number of amides is 3. The Balaban J connectivity index is 4.88. The number of carboxylic acids is 2. The van der Waals surface area contributed by atoms with Crippen molar-refractivity contribution in [1.82, 2.24) is 16.0 Å². The molecule has 12 heteroatoms. The van der Waals surface area contributed by atoms with Gasteiger partial charge in [0.05, 0.1) is 12.6 Å². The third kappa shape index (κ3) is 9.55. The number of rotatable bonds is 13. The first-order valence-electron chi connectivity index (χ1n) is 8.71. The Bertz CT molecular complexity index is 587. The minimum Gasteiger partial charge on any atom is -0.481 e. The zero-order valence-corrected chi connectivity index (χ0v) is 16.7. The molecule has 0 aliphatic heterocycles. The standard InChI is InChI=1S/C16H28N4O7S/c1-3-8(2)13(17)15(25)20-9(4-5-12(22)23)14(24)18-6-11(21)19-10(7-28)16(26)27/h8-10,13,28H,3-7,17H2,1-2H3,(H,18,24)(H,19,21)(H,20,25)(H,22,23)(H,26,27). The summed E-state index contributed by atoms with van der Waals surface area (Å²) >= 11 is 3.80. The van der Waals surface area contributed by atoms with Gasteiger partial charge >= 0.3 is 11.9 Å². The summed E-state index contributed by atoms with van der Waals surface area (Å²) < 4.78 is 0. The molecular weight excluding hydrogens is 392 g/mol. The monoisotopic (exact) mass is 420 g/mol. The van der Waals surface area contributed by atoms with Gasteiger partial charge in [-0.1, -0.05) is 20.3 Å². The van der Waals surface area contributed by atoms with Crippen molar-refractivity contribution in [1.29, 1.82) is 0 Å². The van der Waals surface area contributed by atoms with Crippen LogP contribution in [0.2, 0.25) is 0 Å². The Hall–Kier alpha value is -2.34. The quantitative estimate of drug-likeness (QED) is 0.172. The molecule has 0 saturated heterocycles. The fourth-order valence-corrected chi connectivity index (χ4v) is 2.29. The molecule has 0 aliphatic rings.